The van der Waals surface area contributed by atoms with Crippen molar-refractivity contribution in [1.82, 2.24) is 59.2 Å². The molecule has 24 heteroatoms. The molecule has 0 aliphatic carbocycles. The van der Waals surface area contributed by atoms with Crippen LogP contribution >= 0.6 is 27.5 Å². The SMILES string of the molecule is O=C(Cl)/C=C/CBr.[C-]#[N+]c1cnc(N[C@@H]2CCN(C(=O)c3ccc(N)cc3)C2)nc1-c1c[nH]c2ccccc12.[C-]#[N+]c1cnc(N[C@@H]2CCN(C(=O)c3ccc(NC(=O)/C=C/Cn4ccnc4)cc3)C2)nc1-c1c[nH]c2ccccc12.c1c[nH]cn1. The largest absolute Gasteiger partial charge is 0.399 e. The molecule has 2 aliphatic heterocycles. The van der Waals surface area contributed by atoms with Gasteiger partial charge >= 0.3 is 0 Å². The van der Waals surface area contributed by atoms with Gasteiger partial charge in [0.25, 0.3) is 11.8 Å². The number of para-hydroxylation sites is 2. The van der Waals surface area contributed by atoms with E-state index in [1.165, 1.54) is 18.3 Å². The van der Waals surface area contributed by atoms with Crippen molar-refractivity contribution in [2.45, 2.75) is 31.5 Å². The molecule has 86 heavy (non-hydrogen) atoms. The van der Waals surface area contributed by atoms with Gasteiger partial charge in [-0.3, -0.25) is 19.2 Å². The Balaban J connectivity index is 0.000000176. The number of allylic oxidation sites excluding steroid dienone is 3. The Morgan fingerprint density at radius 3 is 1.71 bits per heavy atom. The number of nitrogens with zero attached hydrogens (tertiary/aromatic N) is 11. The fraction of sp³-hybridized carbons (Fsp3) is 0.161. The predicted molar refractivity (Wildman–Crippen MR) is 337 cm³/mol. The Kier molecular flexibility index (Phi) is 20.5. The monoisotopic (exact) mass is 1230 g/mol. The van der Waals surface area contributed by atoms with Gasteiger partial charge in [0.05, 0.1) is 37.2 Å². The van der Waals surface area contributed by atoms with Gasteiger partial charge in [0.1, 0.15) is 0 Å². The van der Waals surface area contributed by atoms with Crippen molar-refractivity contribution in [2.75, 3.05) is 53.2 Å². The molecule has 3 amide bonds. The van der Waals surface area contributed by atoms with Crippen LogP contribution in [-0.2, 0) is 16.1 Å². The molecule has 0 unspecified atom stereocenters. The average Bonchev–Trinajstić information content (AvgIpc) is 2.30. The minimum absolute atomic E-state index is 0.0157. The maximum absolute atomic E-state index is 13.2. The van der Waals surface area contributed by atoms with Crippen LogP contribution in [0.5, 0.6) is 0 Å². The number of halogens is 2. The summed E-state index contributed by atoms with van der Waals surface area (Å²) < 4.78 is 1.85. The highest BCUT2D eigenvalue weighted by molar-refractivity contribution is 9.09. The number of fused-ring (bicyclic) bond motifs is 2. The van der Waals surface area contributed by atoms with Crippen LogP contribution in [0.3, 0.4) is 0 Å². The molecule has 0 radical (unpaired) electrons. The number of benzene rings is 4. The van der Waals surface area contributed by atoms with Crippen molar-refractivity contribution >= 4 is 107 Å². The second-order valence-electron chi connectivity index (χ2n) is 19.3. The first-order valence-corrected chi connectivity index (χ1v) is 28.4. The van der Waals surface area contributed by atoms with Crippen LogP contribution in [0.15, 0.2) is 184 Å². The lowest BCUT2D eigenvalue weighted by molar-refractivity contribution is -0.112. The van der Waals surface area contributed by atoms with E-state index in [-0.39, 0.29) is 29.8 Å². The second-order valence-corrected chi connectivity index (χ2v) is 20.3. The van der Waals surface area contributed by atoms with Crippen molar-refractivity contribution in [3.63, 3.8) is 0 Å². The van der Waals surface area contributed by atoms with Gasteiger partial charge in [-0.2, -0.15) is 0 Å². The third-order valence-electron chi connectivity index (χ3n) is 13.5. The summed E-state index contributed by atoms with van der Waals surface area (Å²) in [4.78, 5) is 93.7. The smallest absolute Gasteiger partial charge is 0.253 e. The number of H-pyrrole nitrogens is 3. The van der Waals surface area contributed by atoms with Crippen LogP contribution in [0.2, 0.25) is 0 Å². The zero-order chi connectivity index (χ0) is 60.2. The van der Waals surface area contributed by atoms with Crippen LogP contribution in [0.25, 0.3) is 54.0 Å². The number of aromatic nitrogens is 10. The summed E-state index contributed by atoms with van der Waals surface area (Å²) in [7, 11) is 0. The number of nitrogen functional groups attached to an aromatic ring is 1. The summed E-state index contributed by atoms with van der Waals surface area (Å²) in [5, 5.41) is 11.7. The highest BCUT2D eigenvalue weighted by Gasteiger charge is 2.29. The summed E-state index contributed by atoms with van der Waals surface area (Å²) in [6.07, 6.45) is 24.8. The molecular formula is C62H56BrClN18O4. The number of anilines is 4. The van der Waals surface area contributed by atoms with E-state index in [1.807, 2.05) is 76.6 Å². The number of imidazole rings is 2. The number of alkyl halides is 1. The molecule has 22 nitrogen and oxygen atoms in total. The maximum Gasteiger partial charge on any atom is 0.253 e. The van der Waals surface area contributed by atoms with Crippen molar-refractivity contribution in [2.24, 2.45) is 0 Å². The first kappa shape index (κ1) is 59.9. The number of aromatic amines is 3. The molecule has 0 saturated carbocycles. The van der Waals surface area contributed by atoms with Crippen molar-refractivity contribution in [3.8, 4) is 22.5 Å². The number of nitrogens with one attached hydrogen (secondary N) is 6. The standard InChI is InChI=1S/C31H27N9O2.C24H21N7O.C4H4BrClO.C3H4N2/c1-32-27-18-35-31(38-29(27)25-17-34-26-6-3-2-5-24(25)26)37-23-12-15-40(19-23)30(42)21-8-10-22(11-9-21)36-28(41)7-4-14-39-16-13-33-20-39;1-26-21-13-28-24(30-22(21)19-12-27-20-5-3-2-4-18(19)20)29-17-10-11-31(14-17)23(32)15-6-8-16(25)9-7-15;5-3-1-2-4(6)7;1-2-5-3-4-1/h2-11,13,16-18,20,23,34H,12,14-15,19H2,(H,36,41)(H,35,37,38);2-9,12-13,17,27H,10-11,14,25H2,(H,28,29,30);1-2H,3H2;1-3H,(H,4,5)/b7-4+;;2-1+;/t23-;17-;;/m11../s1. The number of hydrogen-bond acceptors (Lipinski definition) is 13. The van der Waals surface area contributed by atoms with E-state index in [1.54, 1.807) is 103 Å². The number of hydrogen-bond donors (Lipinski definition) is 7. The minimum Gasteiger partial charge on any atom is -0.399 e. The van der Waals surface area contributed by atoms with Crippen LogP contribution < -0.4 is 21.7 Å². The molecule has 2 fully saturated rings. The van der Waals surface area contributed by atoms with E-state index in [2.05, 4.69) is 86.4 Å². The van der Waals surface area contributed by atoms with Gasteiger partial charge in [0.15, 0.2) is 0 Å². The average molecular weight is 1230 g/mol. The van der Waals surface area contributed by atoms with Gasteiger partial charge in [0, 0.05) is 161 Å². The first-order chi connectivity index (χ1) is 42.0. The Morgan fingerprint density at radius 1 is 0.709 bits per heavy atom. The summed E-state index contributed by atoms with van der Waals surface area (Å²) in [6, 6.07) is 29.6. The lowest BCUT2D eigenvalue weighted by Gasteiger charge is -2.18. The maximum atomic E-state index is 13.2. The van der Waals surface area contributed by atoms with Gasteiger partial charge in [-0.1, -0.05) is 64.5 Å². The van der Waals surface area contributed by atoms with Gasteiger partial charge in [-0.05, 0) is 91.2 Å². The number of likely N-dealkylation sites (tertiary alicyclic amines) is 2. The van der Waals surface area contributed by atoms with E-state index in [9.17, 15) is 19.2 Å². The van der Waals surface area contributed by atoms with Crippen molar-refractivity contribution in [3.05, 3.63) is 218 Å². The predicted octanol–water partition coefficient (Wildman–Crippen LogP) is 11.1. The molecule has 0 bridgehead atoms. The number of nitrogens with two attached hydrogens (primary N) is 1. The number of carbonyl (C=O) groups excluding carboxylic acids is 4. The van der Waals surface area contributed by atoms with Crippen LogP contribution in [0.1, 0.15) is 33.6 Å². The molecule has 2 atom stereocenters. The van der Waals surface area contributed by atoms with E-state index in [0.29, 0.717) is 95.2 Å². The highest BCUT2D eigenvalue weighted by atomic mass is 79.9. The third kappa shape index (κ3) is 15.9. The summed E-state index contributed by atoms with van der Waals surface area (Å²) >= 11 is 7.99. The molecule has 4 aromatic carbocycles. The normalized spacial score (nSPS) is 14.3. The lowest BCUT2D eigenvalue weighted by atomic mass is 10.1. The van der Waals surface area contributed by atoms with E-state index in [0.717, 1.165) is 45.8 Å². The number of amides is 3. The minimum atomic E-state index is -0.431. The van der Waals surface area contributed by atoms with Crippen molar-refractivity contribution < 1.29 is 19.2 Å². The quantitative estimate of drug-likeness (QED) is 0.0176. The van der Waals surface area contributed by atoms with E-state index < -0.39 is 5.24 Å². The summed E-state index contributed by atoms with van der Waals surface area (Å²) in [5.41, 5.74) is 13.7. The lowest BCUT2D eigenvalue weighted by Crippen LogP contribution is -2.31. The number of rotatable bonds is 14. The van der Waals surface area contributed by atoms with Crippen LogP contribution in [0, 0.1) is 13.1 Å². The van der Waals surface area contributed by atoms with Crippen LogP contribution in [0.4, 0.5) is 34.6 Å². The third-order valence-corrected chi connectivity index (χ3v) is 14.0. The summed E-state index contributed by atoms with van der Waals surface area (Å²) in [6.45, 7) is 17.9. The zero-order valence-corrected chi connectivity index (χ0v) is 48.4. The second kappa shape index (κ2) is 29.5. The Bertz CT molecular complexity index is 4060. The van der Waals surface area contributed by atoms with Gasteiger partial charge in [-0.25, -0.2) is 39.6 Å². The van der Waals surface area contributed by atoms with Crippen LogP contribution in [-0.4, -0.2) is 126 Å². The Morgan fingerprint density at radius 2 is 1.26 bits per heavy atom. The Hall–Kier alpha value is -10.8. The highest BCUT2D eigenvalue weighted by Crippen LogP contribution is 2.36. The Labute approximate surface area is 507 Å². The molecule has 0 spiro atoms. The fourth-order valence-electron chi connectivity index (χ4n) is 9.37. The van der Waals surface area contributed by atoms with E-state index in [4.69, 9.17) is 30.5 Å². The molecule has 12 rings (SSSR count). The molecule has 6 aromatic heterocycles. The fourth-order valence-corrected chi connectivity index (χ4v) is 9.65. The topological polar surface area (TPSA) is 275 Å². The van der Waals surface area contributed by atoms with Gasteiger partial charge in [0.2, 0.25) is 34.4 Å². The molecule has 2 aliphatic rings. The molecule has 8 heterocycles. The molecule has 432 valence electrons. The van der Waals surface area contributed by atoms with Gasteiger partial charge < -0.3 is 51.0 Å². The molecule has 10 aromatic rings. The molecule has 2 saturated heterocycles. The molecule has 8 N–H and O–H groups in total. The van der Waals surface area contributed by atoms with Gasteiger partial charge in [-0.15, -0.1) is 0 Å². The number of carbonyl (C=O) groups is 4. The van der Waals surface area contributed by atoms with E-state index >= 15 is 0 Å². The summed E-state index contributed by atoms with van der Waals surface area (Å²) in [5.74, 6) is 0.520. The molecular weight excluding hydrogens is 1180 g/mol. The zero-order valence-electron chi connectivity index (χ0n) is 46.0. The van der Waals surface area contributed by atoms with Crippen molar-refractivity contribution in [1.29, 1.82) is 0 Å². The first-order valence-electron chi connectivity index (χ1n) is 26.9.